The van der Waals surface area contributed by atoms with Crippen LogP contribution in [0.1, 0.15) is 30.1 Å². The largest absolute Gasteiger partial charge is 0.388 e. The fourth-order valence-corrected chi connectivity index (χ4v) is 2.37. The summed E-state index contributed by atoms with van der Waals surface area (Å²) < 4.78 is 5.43. The lowest BCUT2D eigenvalue weighted by atomic mass is 10.0. The van der Waals surface area contributed by atoms with Crippen molar-refractivity contribution in [2.45, 2.75) is 25.9 Å². The van der Waals surface area contributed by atoms with E-state index in [9.17, 15) is 5.11 Å². The molecular formula is C15H23NO2. The third-order valence-electron chi connectivity index (χ3n) is 3.46. The topological polar surface area (TPSA) is 32.7 Å². The number of nitrogens with zero attached hydrogens (tertiary/aromatic N) is 1. The average Bonchev–Trinajstić information content (AvgIpc) is 2.64. The molecule has 0 spiro atoms. The minimum absolute atomic E-state index is 0.353. The molecule has 2 rings (SSSR count). The first-order valence-corrected chi connectivity index (χ1v) is 6.80. The molecule has 1 saturated heterocycles. The fraction of sp³-hybridized carbons (Fsp3) is 0.600. The summed E-state index contributed by atoms with van der Waals surface area (Å²) in [6.07, 6.45) is 1.54. The van der Waals surface area contributed by atoms with Crippen molar-refractivity contribution in [3.63, 3.8) is 0 Å². The molecule has 1 atom stereocenters. The zero-order valence-corrected chi connectivity index (χ0v) is 11.1. The lowest BCUT2D eigenvalue weighted by molar-refractivity contribution is 0.126. The normalized spacial score (nSPS) is 19.4. The van der Waals surface area contributed by atoms with E-state index in [1.54, 1.807) is 0 Å². The lowest BCUT2D eigenvalue weighted by Gasteiger charge is -2.21. The molecule has 1 aliphatic heterocycles. The maximum absolute atomic E-state index is 10.2. The molecule has 0 amide bonds. The van der Waals surface area contributed by atoms with Gasteiger partial charge in [0, 0.05) is 26.2 Å². The van der Waals surface area contributed by atoms with E-state index >= 15 is 0 Å². The summed E-state index contributed by atoms with van der Waals surface area (Å²) >= 11 is 0. The Kier molecular flexibility index (Phi) is 5.17. The van der Waals surface area contributed by atoms with Crippen LogP contribution in [0.5, 0.6) is 0 Å². The van der Waals surface area contributed by atoms with Crippen LogP contribution in [0.2, 0.25) is 0 Å². The molecule has 0 radical (unpaired) electrons. The first kappa shape index (κ1) is 13.5. The Bertz CT molecular complexity index is 359. The molecule has 1 aromatic rings. The Morgan fingerprint density at radius 3 is 3.06 bits per heavy atom. The van der Waals surface area contributed by atoms with E-state index in [1.807, 2.05) is 12.1 Å². The van der Waals surface area contributed by atoms with Crippen LogP contribution in [0.25, 0.3) is 0 Å². The van der Waals surface area contributed by atoms with Crippen LogP contribution in [0, 0.1) is 6.92 Å². The van der Waals surface area contributed by atoms with Crippen molar-refractivity contribution in [2.24, 2.45) is 0 Å². The second-order valence-corrected chi connectivity index (χ2v) is 5.03. The van der Waals surface area contributed by atoms with Crippen LogP contribution in [0.3, 0.4) is 0 Å². The predicted octanol–water partition coefficient (Wildman–Crippen LogP) is 2.14. The first-order chi connectivity index (χ1) is 8.75. The van der Waals surface area contributed by atoms with Gasteiger partial charge in [-0.3, -0.25) is 0 Å². The smallest absolute Gasteiger partial charge is 0.0802 e. The number of hydrogen-bond donors (Lipinski definition) is 1. The number of aliphatic hydroxyl groups excluding tert-OH is 1. The molecular weight excluding hydrogens is 226 g/mol. The molecule has 1 heterocycles. The van der Waals surface area contributed by atoms with Crippen molar-refractivity contribution >= 4 is 0 Å². The maximum atomic E-state index is 10.2. The van der Waals surface area contributed by atoms with Gasteiger partial charge in [-0.25, -0.2) is 0 Å². The van der Waals surface area contributed by atoms with Gasteiger partial charge < -0.3 is 14.7 Å². The van der Waals surface area contributed by atoms with E-state index in [2.05, 4.69) is 24.0 Å². The SMILES string of the molecule is Cc1cccc(C(O)CCN2CCCOCC2)c1. The van der Waals surface area contributed by atoms with Crippen molar-refractivity contribution in [1.29, 1.82) is 0 Å². The fourth-order valence-electron chi connectivity index (χ4n) is 2.37. The van der Waals surface area contributed by atoms with Gasteiger partial charge in [-0.05, 0) is 25.3 Å². The number of rotatable bonds is 4. The monoisotopic (exact) mass is 249 g/mol. The van der Waals surface area contributed by atoms with Gasteiger partial charge in [0.15, 0.2) is 0 Å². The third-order valence-corrected chi connectivity index (χ3v) is 3.46. The minimum Gasteiger partial charge on any atom is -0.388 e. The quantitative estimate of drug-likeness (QED) is 0.887. The number of benzene rings is 1. The third kappa shape index (κ3) is 4.09. The number of aryl methyl sites for hydroxylation is 1. The van der Waals surface area contributed by atoms with E-state index < -0.39 is 0 Å². The number of aliphatic hydroxyl groups is 1. The summed E-state index contributed by atoms with van der Waals surface area (Å²) in [6, 6.07) is 8.13. The molecule has 0 bridgehead atoms. The molecule has 100 valence electrons. The lowest BCUT2D eigenvalue weighted by Crippen LogP contribution is -2.28. The summed E-state index contributed by atoms with van der Waals surface area (Å²) in [6.45, 7) is 6.76. The average molecular weight is 249 g/mol. The van der Waals surface area contributed by atoms with Crippen LogP contribution in [-0.4, -0.2) is 42.9 Å². The number of hydrogen-bond acceptors (Lipinski definition) is 3. The second-order valence-electron chi connectivity index (χ2n) is 5.03. The minimum atomic E-state index is -0.353. The molecule has 1 fully saturated rings. The van der Waals surface area contributed by atoms with Gasteiger partial charge in [-0.1, -0.05) is 29.8 Å². The Morgan fingerprint density at radius 1 is 1.33 bits per heavy atom. The summed E-state index contributed by atoms with van der Waals surface area (Å²) in [4.78, 5) is 2.38. The van der Waals surface area contributed by atoms with Gasteiger partial charge in [0.1, 0.15) is 0 Å². The molecule has 3 nitrogen and oxygen atoms in total. The van der Waals surface area contributed by atoms with Crippen molar-refractivity contribution in [3.05, 3.63) is 35.4 Å². The van der Waals surface area contributed by atoms with E-state index in [0.717, 1.165) is 51.3 Å². The standard InChI is InChI=1S/C15H23NO2/c1-13-4-2-5-14(12-13)15(17)6-8-16-7-3-10-18-11-9-16/h2,4-5,12,15,17H,3,6-11H2,1H3. The second kappa shape index (κ2) is 6.88. The number of ether oxygens (including phenoxy) is 1. The van der Waals surface area contributed by atoms with Crippen LogP contribution in [0.4, 0.5) is 0 Å². The molecule has 3 heteroatoms. The van der Waals surface area contributed by atoms with Crippen molar-refractivity contribution < 1.29 is 9.84 Å². The van der Waals surface area contributed by atoms with E-state index in [4.69, 9.17) is 4.74 Å². The van der Waals surface area contributed by atoms with Gasteiger partial charge in [0.2, 0.25) is 0 Å². The summed E-state index contributed by atoms with van der Waals surface area (Å²) in [5.41, 5.74) is 2.23. The molecule has 0 aliphatic carbocycles. The Morgan fingerprint density at radius 2 is 2.22 bits per heavy atom. The molecule has 1 N–H and O–H groups in total. The molecule has 18 heavy (non-hydrogen) atoms. The Labute approximate surface area is 109 Å². The predicted molar refractivity (Wildman–Crippen MR) is 72.6 cm³/mol. The molecule has 0 saturated carbocycles. The first-order valence-electron chi connectivity index (χ1n) is 6.80. The zero-order chi connectivity index (χ0) is 12.8. The highest BCUT2D eigenvalue weighted by Gasteiger charge is 2.12. The van der Waals surface area contributed by atoms with Gasteiger partial charge in [0.25, 0.3) is 0 Å². The maximum Gasteiger partial charge on any atom is 0.0802 e. The molecule has 1 aliphatic rings. The van der Waals surface area contributed by atoms with Crippen molar-refractivity contribution in [2.75, 3.05) is 32.8 Å². The molecule has 0 aromatic heterocycles. The van der Waals surface area contributed by atoms with Crippen molar-refractivity contribution in [1.82, 2.24) is 4.90 Å². The van der Waals surface area contributed by atoms with E-state index in [-0.39, 0.29) is 6.10 Å². The Balaban J connectivity index is 1.82. The van der Waals surface area contributed by atoms with Crippen LogP contribution in [0.15, 0.2) is 24.3 Å². The Hall–Kier alpha value is -0.900. The van der Waals surface area contributed by atoms with Gasteiger partial charge in [-0.2, -0.15) is 0 Å². The van der Waals surface area contributed by atoms with E-state index in [0.29, 0.717) is 0 Å². The zero-order valence-electron chi connectivity index (χ0n) is 11.1. The van der Waals surface area contributed by atoms with Gasteiger partial charge >= 0.3 is 0 Å². The highest BCUT2D eigenvalue weighted by molar-refractivity contribution is 5.23. The van der Waals surface area contributed by atoms with Crippen LogP contribution >= 0.6 is 0 Å². The molecule has 1 unspecified atom stereocenters. The van der Waals surface area contributed by atoms with Crippen LogP contribution in [-0.2, 0) is 4.74 Å². The molecule has 1 aromatic carbocycles. The van der Waals surface area contributed by atoms with E-state index in [1.165, 1.54) is 5.56 Å². The van der Waals surface area contributed by atoms with Gasteiger partial charge in [0.05, 0.1) is 12.7 Å². The summed E-state index contributed by atoms with van der Waals surface area (Å²) in [7, 11) is 0. The van der Waals surface area contributed by atoms with Crippen LogP contribution < -0.4 is 0 Å². The summed E-state index contributed by atoms with van der Waals surface area (Å²) in [5.74, 6) is 0. The summed E-state index contributed by atoms with van der Waals surface area (Å²) in [5, 5.41) is 10.2. The van der Waals surface area contributed by atoms with Crippen molar-refractivity contribution in [3.8, 4) is 0 Å². The highest BCUT2D eigenvalue weighted by Crippen LogP contribution is 2.18. The van der Waals surface area contributed by atoms with Gasteiger partial charge in [-0.15, -0.1) is 0 Å². The highest BCUT2D eigenvalue weighted by atomic mass is 16.5.